The van der Waals surface area contributed by atoms with E-state index < -0.39 is 50.6 Å². The van der Waals surface area contributed by atoms with Crippen molar-refractivity contribution in [2.75, 3.05) is 25.8 Å². The Kier molecular flexibility index (Phi) is 9.15. The van der Waals surface area contributed by atoms with Gasteiger partial charge in [-0.25, -0.2) is 0 Å². The van der Waals surface area contributed by atoms with Crippen molar-refractivity contribution >= 4 is 15.2 Å². The summed E-state index contributed by atoms with van der Waals surface area (Å²) in [6, 6.07) is -3.65. The van der Waals surface area contributed by atoms with Gasteiger partial charge in [-0.2, -0.15) is 0 Å². The molecule has 0 aromatic heterocycles. The second kappa shape index (κ2) is 9.13. The molecule has 0 spiro atoms. The number of hydrogen-bond acceptors (Lipinski definition) is 8. The molecular formula is C10H30N6O6P2. The van der Waals surface area contributed by atoms with Crippen molar-refractivity contribution in [2.45, 2.75) is 29.7 Å². The first kappa shape index (κ1) is 24.1. The monoisotopic (exact) mass is 392 g/mol. The zero-order valence-electron chi connectivity index (χ0n) is 13.3. The fourth-order valence-corrected chi connectivity index (χ4v) is 5.55. The molecule has 0 fully saturated rings. The average Bonchev–Trinajstić information content (AvgIpc) is 2.46. The van der Waals surface area contributed by atoms with Crippen LogP contribution in [-0.2, 0) is 9.13 Å². The lowest BCUT2D eigenvalue weighted by atomic mass is 9.74. The van der Waals surface area contributed by atoms with Crippen LogP contribution >= 0.6 is 15.2 Å². The lowest BCUT2D eigenvalue weighted by Gasteiger charge is -2.49. The van der Waals surface area contributed by atoms with Crippen LogP contribution in [0, 0.1) is 5.92 Å². The summed E-state index contributed by atoms with van der Waals surface area (Å²) in [7, 11) is -9.52. The Morgan fingerprint density at radius 3 is 1.50 bits per heavy atom. The molecule has 0 bridgehead atoms. The van der Waals surface area contributed by atoms with Gasteiger partial charge in [0.1, 0.15) is 5.16 Å². The average molecular weight is 392 g/mol. The van der Waals surface area contributed by atoms with E-state index in [9.17, 15) is 18.9 Å². The van der Waals surface area contributed by atoms with Crippen molar-refractivity contribution in [2.24, 2.45) is 40.3 Å². The second-order valence-electron chi connectivity index (χ2n) is 5.80. The molecule has 4 unspecified atom stereocenters. The van der Waals surface area contributed by atoms with Gasteiger partial charge in [0.25, 0.3) is 0 Å². The van der Waals surface area contributed by atoms with E-state index in [4.69, 9.17) is 44.2 Å². The maximum atomic E-state index is 12.4. The minimum absolute atomic E-state index is 0.206. The molecule has 12 nitrogen and oxygen atoms in total. The van der Waals surface area contributed by atoms with E-state index in [0.29, 0.717) is 0 Å². The maximum absolute atomic E-state index is 12.4. The Balaban J connectivity index is 6.34. The molecule has 0 aromatic rings. The van der Waals surface area contributed by atoms with Crippen LogP contribution in [0.4, 0.5) is 0 Å². The Hall–Kier alpha value is 0.0600. The van der Waals surface area contributed by atoms with Crippen LogP contribution < -0.4 is 34.4 Å². The summed E-state index contributed by atoms with van der Waals surface area (Å²) in [5.41, 5.74) is 34.3. The topological polar surface area (TPSA) is 271 Å². The molecule has 0 rings (SSSR count). The zero-order valence-corrected chi connectivity index (χ0v) is 15.1. The van der Waals surface area contributed by atoms with Gasteiger partial charge < -0.3 is 54.0 Å². The van der Waals surface area contributed by atoms with Crippen molar-refractivity contribution in [3.63, 3.8) is 0 Å². The van der Waals surface area contributed by atoms with Gasteiger partial charge in [0.05, 0.1) is 6.16 Å². The highest BCUT2D eigenvalue weighted by Gasteiger charge is 2.60. The molecule has 0 aliphatic rings. The first-order valence-corrected chi connectivity index (χ1v) is 10.7. The molecule has 146 valence electrons. The van der Waals surface area contributed by atoms with E-state index in [0.717, 1.165) is 0 Å². The predicted molar refractivity (Wildman–Crippen MR) is 90.9 cm³/mol. The number of nitrogens with two attached hydrogens (primary N) is 6. The minimum atomic E-state index is -5.06. The summed E-state index contributed by atoms with van der Waals surface area (Å²) >= 11 is 0. The highest BCUT2D eigenvalue weighted by molar-refractivity contribution is 7.54. The van der Waals surface area contributed by atoms with Gasteiger partial charge in [-0.15, -0.1) is 0 Å². The molecule has 0 saturated heterocycles. The van der Waals surface area contributed by atoms with Crippen molar-refractivity contribution in [1.82, 2.24) is 0 Å². The molecule has 0 aliphatic carbocycles. The highest BCUT2D eigenvalue weighted by atomic mass is 31.2. The smallest absolute Gasteiger partial charge is 0.329 e. The van der Waals surface area contributed by atoms with Crippen molar-refractivity contribution in [3.8, 4) is 0 Å². The summed E-state index contributed by atoms with van der Waals surface area (Å²) in [4.78, 5) is 38.3. The van der Waals surface area contributed by atoms with Gasteiger partial charge >= 0.3 is 15.2 Å². The lowest BCUT2D eigenvalue weighted by molar-refractivity contribution is 0.181. The Labute approximate surface area is 140 Å². The molecule has 0 heterocycles. The molecule has 0 saturated carbocycles. The van der Waals surface area contributed by atoms with Gasteiger partial charge in [-0.1, -0.05) is 0 Å². The normalized spacial score (nSPS) is 20.9. The molecule has 24 heavy (non-hydrogen) atoms. The van der Waals surface area contributed by atoms with E-state index in [1.54, 1.807) is 0 Å². The summed E-state index contributed by atoms with van der Waals surface area (Å²) in [6.07, 6.45) is -1.02. The van der Waals surface area contributed by atoms with Crippen LogP contribution in [0.25, 0.3) is 0 Å². The fraction of sp³-hybridized carbons (Fsp3) is 1.00. The molecule has 16 N–H and O–H groups in total. The van der Waals surface area contributed by atoms with Crippen molar-refractivity contribution in [1.29, 1.82) is 0 Å². The zero-order chi connectivity index (χ0) is 19.3. The quantitative estimate of drug-likeness (QED) is 0.150. The fourth-order valence-electron chi connectivity index (χ4n) is 3.11. The van der Waals surface area contributed by atoms with Crippen LogP contribution in [0.15, 0.2) is 0 Å². The molecular weight excluding hydrogens is 362 g/mol. The van der Waals surface area contributed by atoms with Crippen LogP contribution in [0.5, 0.6) is 0 Å². The molecule has 14 heteroatoms. The Morgan fingerprint density at radius 2 is 1.25 bits per heavy atom. The van der Waals surface area contributed by atoms with Gasteiger partial charge in [-0.3, -0.25) is 9.13 Å². The third-order valence-electron chi connectivity index (χ3n) is 4.31. The van der Waals surface area contributed by atoms with Crippen LogP contribution in [-0.4, -0.2) is 68.7 Å². The molecule has 0 amide bonds. The first-order valence-electron chi connectivity index (χ1n) is 7.26. The van der Waals surface area contributed by atoms with Gasteiger partial charge in [-0.05, 0) is 12.3 Å². The molecule has 4 atom stereocenters. The maximum Gasteiger partial charge on any atom is 0.335 e. The van der Waals surface area contributed by atoms with Gasteiger partial charge in [0, 0.05) is 37.8 Å². The standard InChI is InChI=1S/C10H30N6O6P2/c11-3-7(14)6(1-2-23(17,18)19)10(8(15)4-12,9(16)5-13)24(20,21)22/h6-9H,1-5,11-16H2,(H2,17,18,19)(H2,20,21,22). The van der Waals surface area contributed by atoms with Crippen LogP contribution in [0.1, 0.15) is 6.42 Å². The Morgan fingerprint density at radius 1 is 0.833 bits per heavy atom. The van der Waals surface area contributed by atoms with Crippen LogP contribution in [0.3, 0.4) is 0 Å². The number of rotatable bonds is 11. The second-order valence-corrected chi connectivity index (χ2v) is 9.44. The minimum Gasteiger partial charge on any atom is -0.329 e. The molecule has 0 aliphatic heterocycles. The van der Waals surface area contributed by atoms with E-state index in [2.05, 4.69) is 0 Å². The highest BCUT2D eigenvalue weighted by Crippen LogP contribution is 2.59. The lowest BCUT2D eigenvalue weighted by Crippen LogP contribution is -2.70. The molecule has 0 radical (unpaired) electrons. The van der Waals surface area contributed by atoms with Gasteiger partial charge in [0.15, 0.2) is 0 Å². The summed E-state index contributed by atoms with van der Waals surface area (Å²) in [5.74, 6) is -1.20. The predicted octanol–water partition coefficient (Wildman–Crippen LogP) is -4.06. The van der Waals surface area contributed by atoms with Gasteiger partial charge in [0.2, 0.25) is 0 Å². The Bertz CT molecular complexity index is 474. The third-order valence-corrected chi connectivity index (χ3v) is 7.16. The number of hydrogen-bond donors (Lipinski definition) is 10. The largest absolute Gasteiger partial charge is 0.335 e. The van der Waals surface area contributed by atoms with Crippen LogP contribution in [0.2, 0.25) is 0 Å². The summed E-state index contributed by atoms with van der Waals surface area (Å²) < 4.78 is 23.6. The van der Waals surface area contributed by atoms with E-state index in [1.165, 1.54) is 0 Å². The van der Waals surface area contributed by atoms with E-state index in [1.807, 2.05) is 0 Å². The van der Waals surface area contributed by atoms with E-state index >= 15 is 0 Å². The van der Waals surface area contributed by atoms with Crippen molar-refractivity contribution < 1.29 is 28.7 Å². The molecule has 0 aromatic carbocycles. The SMILES string of the molecule is NCC(N)C(CCP(=O)(O)O)C(C(N)CN)(C(N)CN)P(=O)(O)O. The first-order chi connectivity index (χ1) is 10.8. The summed E-state index contributed by atoms with van der Waals surface area (Å²) in [5, 5.41) is -2.16. The summed E-state index contributed by atoms with van der Waals surface area (Å²) in [6.45, 7) is -0.896. The van der Waals surface area contributed by atoms with E-state index in [-0.39, 0.29) is 26.1 Å². The third kappa shape index (κ3) is 5.28. The van der Waals surface area contributed by atoms with Crippen molar-refractivity contribution in [3.05, 3.63) is 0 Å².